The van der Waals surface area contributed by atoms with Gasteiger partial charge in [-0.3, -0.25) is 0 Å². The zero-order valence-electron chi connectivity index (χ0n) is 9.13. The summed E-state index contributed by atoms with van der Waals surface area (Å²) < 4.78 is 42.2. The van der Waals surface area contributed by atoms with E-state index in [1.54, 1.807) is 30.3 Å². The Labute approximate surface area is 93.2 Å². The van der Waals surface area contributed by atoms with Gasteiger partial charge in [0.2, 0.25) is 0 Å². The summed E-state index contributed by atoms with van der Waals surface area (Å²) in [5.74, 6) is 0. The highest BCUT2D eigenvalue weighted by molar-refractivity contribution is 5.17. The van der Waals surface area contributed by atoms with E-state index in [1.807, 2.05) is 6.92 Å². The molecule has 0 aliphatic carbocycles. The van der Waals surface area contributed by atoms with Crippen molar-refractivity contribution in [3.63, 3.8) is 0 Å². The molecule has 1 rings (SSSR count). The molecule has 1 aromatic carbocycles. The van der Waals surface area contributed by atoms with Gasteiger partial charge < -0.3 is 4.74 Å². The Bertz CT molecular complexity index is 295. The van der Waals surface area contributed by atoms with Crippen molar-refractivity contribution in [1.82, 2.24) is 0 Å². The zero-order chi connectivity index (χ0) is 12.0. The van der Waals surface area contributed by atoms with Crippen LogP contribution in [0.2, 0.25) is 0 Å². The number of hydrogen-bond donors (Lipinski definition) is 0. The maximum Gasteiger partial charge on any atom is 0.391 e. The largest absolute Gasteiger partial charge is 0.391 e. The molecular weight excluding hydrogens is 217 g/mol. The van der Waals surface area contributed by atoms with Crippen LogP contribution in [0.3, 0.4) is 0 Å². The van der Waals surface area contributed by atoms with Crippen LogP contribution in [0.4, 0.5) is 13.2 Å². The van der Waals surface area contributed by atoms with Gasteiger partial charge in [0.05, 0.1) is 12.5 Å². The van der Waals surface area contributed by atoms with Crippen LogP contribution in [0.1, 0.15) is 31.4 Å². The van der Waals surface area contributed by atoms with Crippen molar-refractivity contribution in [2.45, 2.75) is 32.0 Å². The molecule has 1 nitrogen and oxygen atoms in total. The second-order valence-electron chi connectivity index (χ2n) is 3.59. The Morgan fingerprint density at radius 1 is 1.19 bits per heavy atom. The van der Waals surface area contributed by atoms with Crippen LogP contribution in [0, 0.1) is 0 Å². The lowest BCUT2D eigenvalue weighted by Gasteiger charge is -2.19. The Morgan fingerprint density at radius 2 is 1.81 bits per heavy atom. The fourth-order valence-electron chi connectivity index (χ4n) is 1.41. The number of hydrogen-bond acceptors (Lipinski definition) is 1. The van der Waals surface area contributed by atoms with E-state index in [0.29, 0.717) is 18.6 Å². The topological polar surface area (TPSA) is 9.23 Å². The summed E-state index contributed by atoms with van der Waals surface area (Å²) in [5, 5.41) is 0. The third-order valence-electron chi connectivity index (χ3n) is 2.11. The molecule has 0 bridgehead atoms. The van der Waals surface area contributed by atoms with Crippen molar-refractivity contribution >= 4 is 0 Å². The van der Waals surface area contributed by atoms with Gasteiger partial charge in [0.15, 0.2) is 0 Å². The van der Waals surface area contributed by atoms with Crippen molar-refractivity contribution in [2.75, 3.05) is 6.61 Å². The van der Waals surface area contributed by atoms with E-state index >= 15 is 0 Å². The van der Waals surface area contributed by atoms with Gasteiger partial charge in [0, 0.05) is 6.61 Å². The molecule has 0 heterocycles. The predicted molar refractivity (Wildman–Crippen MR) is 56.1 cm³/mol. The second-order valence-corrected chi connectivity index (χ2v) is 3.59. The standard InChI is InChI=1S/C12H15F3O/c1-2-8-16-11(9-12(13,14)15)10-6-4-3-5-7-10/h3-7,11H,2,8-9H2,1H3/t11-/m0/s1. The van der Waals surface area contributed by atoms with Gasteiger partial charge in [0.1, 0.15) is 0 Å². The third kappa shape index (κ3) is 4.66. The van der Waals surface area contributed by atoms with Crippen LogP contribution < -0.4 is 0 Å². The van der Waals surface area contributed by atoms with Crippen molar-refractivity contribution < 1.29 is 17.9 Å². The summed E-state index contributed by atoms with van der Waals surface area (Å²) in [6.07, 6.45) is -5.31. The molecule has 1 aromatic rings. The fourth-order valence-corrected chi connectivity index (χ4v) is 1.41. The molecule has 90 valence electrons. The molecule has 0 saturated carbocycles. The molecule has 0 radical (unpaired) electrons. The SMILES string of the molecule is CCCO[C@@H](CC(F)(F)F)c1ccccc1. The van der Waals surface area contributed by atoms with Crippen LogP contribution in [-0.4, -0.2) is 12.8 Å². The Hall–Kier alpha value is -1.03. The highest BCUT2D eigenvalue weighted by atomic mass is 19.4. The van der Waals surface area contributed by atoms with E-state index in [-0.39, 0.29) is 0 Å². The molecule has 0 unspecified atom stereocenters. The molecule has 0 aliphatic rings. The van der Waals surface area contributed by atoms with E-state index in [1.165, 1.54) is 0 Å². The van der Waals surface area contributed by atoms with Crippen molar-refractivity contribution in [1.29, 1.82) is 0 Å². The van der Waals surface area contributed by atoms with Crippen LogP contribution in [0.25, 0.3) is 0 Å². The first-order valence-electron chi connectivity index (χ1n) is 5.26. The van der Waals surface area contributed by atoms with Crippen LogP contribution >= 0.6 is 0 Å². The Kier molecular flexibility index (Phi) is 4.80. The number of benzene rings is 1. The number of rotatable bonds is 5. The Morgan fingerprint density at radius 3 is 2.31 bits per heavy atom. The second kappa shape index (κ2) is 5.89. The van der Waals surface area contributed by atoms with Crippen LogP contribution in [0.5, 0.6) is 0 Å². The summed E-state index contributed by atoms with van der Waals surface area (Å²) in [5.41, 5.74) is 0.577. The number of alkyl halides is 3. The highest BCUT2D eigenvalue weighted by Crippen LogP contribution is 2.31. The van der Waals surface area contributed by atoms with Gasteiger partial charge in [-0.15, -0.1) is 0 Å². The average molecular weight is 232 g/mol. The molecule has 16 heavy (non-hydrogen) atoms. The first-order valence-corrected chi connectivity index (χ1v) is 5.26. The maximum atomic E-state index is 12.3. The van der Waals surface area contributed by atoms with Crippen molar-refractivity contribution in [3.8, 4) is 0 Å². The van der Waals surface area contributed by atoms with Crippen molar-refractivity contribution in [3.05, 3.63) is 35.9 Å². The van der Waals surface area contributed by atoms with E-state index < -0.39 is 18.7 Å². The van der Waals surface area contributed by atoms with Gasteiger partial charge >= 0.3 is 6.18 Å². The van der Waals surface area contributed by atoms with E-state index in [2.05, 4.69) is 0 Å². The first kappa shape index (κ1) is 13.0. The lowest BCUT2D eigenvalue weighted by atomic mass is 10.1. The van der Waals surface area contributed by atoms with E-state index in [4.69, 9.17) is 4.74 Å². The third-order valence-corrected chi connectivity index (χ3v) is 2.11. The van der Waals surface area contributed by atoms with E-state index in [9.17, 15) is 13.2 Å². The number of ether oxygens (including phenoxy) is 1. The van der Waals surface area contributed by atoms with E-state index in [0.717, 1.165) is 0 Å². The molecule has 4 heteroatoms. The molecule has 0 amide bonds. The zero-order valence-corrected chi connectivity index (χ0v) is 9.13. The smallest absolute Gasteiger partial charge is 0.373 e. The highest BCUT2D eigenvalue weighted by Gasteiger charge is 2.33. The molecule has 0 saturated heterocycles. The van der Waals surface area contributed by atoms with Gasteiger partial charge in [-0.05, 0) is 12.0 Å². The number of halogens is 3. The molecule has 0 aliphatic heterocycles. The maximum absolute atomic E-state index is 12.3. The molecule has 0 spiro atoms. The average Bonchev–Trinajstić information content (AvgIpc) is 2.24. The van der Waals surface area contributed by atoms with Crippen LogP contribution in [-0.2, 0) is 4.74 Å². The summed E-state index contributed by atoms with van der Waals surface area (Å²) in [6.45, 7) is 2.21. The molecular formula is C12H15F3O. The first-order chi connectivity index (χ1) is 7.53. The van der Waals surface area contributed by atoms with Crippen molar-refractivity contribution in [2.24, 2.45) is 0 Å². The molecule has 0 aromatic heterocycles. The van der Waals surface area contributed by atoms with Gasteiger partial charge in [0.25, 0.3) is 0 Å². The van der Waals surface area contributed by atoms with Gasteiger partial charge in [-0.1, -0.05) is 37.3 Å². The summed E-state index contributed by atoms with van der Waals surface area (Å²) in [7, 11) is 0. The molecule has 0 N–H and O–H groups in total. The monoisotopic (exact) mass is 232 g/mol. The molecule has 0 fully saturated rings. The minimum Gasteiger partial charge on any atom is -0.373 e. The predicted octanol–water partition coefficient (Wildman–Crippen LogP) is 4.11. The summed E-state index contributed by atoms with van der Waals surface area (Å²) in [6, 6.07) is 8.52. The van der Waals surface area contributed by atoms with Gasteiger partial charge in [-0.2, -0.15) is 13.2 Å². The minimum absolute atomic E-state index is 0.343. The lowest BCUT2D eigenvalue weighted by molar-refractivity contribution is -0.161. The lowest BCUT2D eigenvalue weighted by Crippen LogP contribution is -2.16. The van der Waals surface area contributed by atoms with Gasteiger partial charge in [-0.25, -0.2) is 0 Å². The quantitative estimate of drug-likeness (QED) is 0.742. The summed E-state index contributed by atoms with van der Waals surface area (Å²) >= 11 is 0. The van der Waals surface area contributed by atoms with Crippen LogP contribution in [0.15, 0.2) is 30.3 Å². The summed E-state index contributed by atoms with van der Waals surface area (Å²) in [4.78, 5) is 0. The molecule has 1 atom stereocenters. The fraction of sp³-hybridized carbons (Fsp3) is 0.500. The Balaban J connectivity index is 2.71. The minimum atomic E-state index is -4.20. The normalized spacial score (nSPS) is 13.8.